The van der Waals surface area contributed by atoms with Crippen LogP contribution in [0.15, 0.2) is 24.3 Å². The normalized spacial score (nSPS) is 27.2. The van der Waals surface area contributed by atoms with Crippen LogP contribution in [0.4, 0.5) is 4.39 Å². The molecule has 0 radical (unpaired) electrons. The van der Waals surface area contributed by atoms with Crippen LogP contribution in [0.2, 0.25) is 0 Å². The number of sulfone groups is 1. The van der Waals surface area contributed by atoms with Gasteiger partial charge in [-0.3, -0.25) is 0 Å². The molecule has 1 aromatic rings. The van der Waals surface area contributed by atoms with Crippen LogP contribution in [0.1, 0.15) is 17.5 Å². The molecule has 3 nitrogen and oxygen atoms in total. The molecule has 2 N–H and O–H groups in total. The molecule has 1 aliphatic rings. The largest absolute Gasteiger partial charge is 0.326 e. The van der Waals surface area contributed by atoms with Gasteiger partial charge in [0.15, 0.2) is 9.84 Å². The molecular formula is C12H16FNO2S. The topological polar surface area (TPSA) is 60.2 Å². The van der Waals surface area contributed by atoms with Gasteiger partial charge in [-0.2, -0.15) is 0 Å². The monoisotopic (exact) mass is 257 g/mol. The van der Waals surface area contributed by atoms with Crippen LogP contribution in [-0.4, -0.2) is 25.6 Å². The molecule has 1 atom stereocenters. The Morgan fingerprint density at radius 2 is 2.06 bits per heavy atom. The summed E-state index contributed by atoms with van der Waals surface area (Å²) in [5.41, 5.74) is 5.66. The Morgan fingerprint density at radius 3 is 2.65 bits per heavy atom. The van der Waals surface area contributed by atoms with Crippen LogP contribution in [0.3, 0.4) is 0 Å². The molecule has 5 heteroatoms. The third-order valence-electron chi connectivity index (χ3n) is 3.09. The summed E-state index contributed by atoms with van der Waals surface area (Å²) in [4.78, 5) is 0. The van der Waals surface area contributed by atoms with Crippen molar-refractivity contribution in [2.75, 3.05) is 11.5 Å². The second kappa shape index (κ2) is 4.38. The Balaban J connectivity index is 2.15. The van der Waals surface area contributed by atoms with Crippen molar-refractivity contribution in [3.05, 3.63) is 35.4 Å². The summed E-state index contributed by atoms with van der Waals surface area (Å²) in [7, 11) is -3.19. The van der Waals surface area contributed by atoms with Gasteiger partial charge in [0.05, 0.1) is 11.5 Å². The van der Waals surface area contributed by atoms with Crippen LogP contribution < -0.4 is 5.73 Å². The molecule has 1 aromatic carbocycles. The Kier molecular flexibility index (Phi) is 3.23. The van der Waals surface area contributed by atoms with E-state index in [0.717, 1.165) is 11.1 Å². The molecule has 0 saturated carbocycles. The number of nitrogens with two attached hydrogens (primary N) is 1. The summed E-state index contributed by atoms with van der Waals surface area (Å²) >= 11 is 0. The average Bonchev–Trinajstić information content (AvgIpc) is 2.53. The summed E-state index contributed by atoms with van der Waals surface area (Å²) in [5.74, 6) is -0.396. The van der Waals surface area contributed by atoms with Crippen molar-refractivity contribution in [1.29, 1.82) is 0 Å². The molecule has 2 rings (SSSR count). The van der Waals surface area contributed by atoms with E-state index in [9.17, 15) is 12.8 Å². The molecule has 1 fully saturated rings. The first-order valence-corrected chi connectivity index (χ1v) is 7.42. The fourth-order valence-corrected chi connectivity index (χ4v) is 4.10. The van der Waals surface area contributed by atoms with Gasteiger partial charge >= 0.3 is 0 Å². The quantitative estimate of drug-likeness (QED) is 0.885. The SMILES string of the molecule is NCc1cccc(CC2(F)CCS(=O)(=O)C2)c1. The molecule has 17 heavy (non-hydrogen) atoms. The molecule has 1 saturated heterocycles. The highest BCUT2D eigenvalue weighted by Gasteiger charge is 2.42. The summed E-state index contributed by atoms with van der Waals surface area (Å²) in [6.45, 7) is 0.408. The number of hydrogen-bond donors (Lipinski definition) is 1. The fourth-order valence-electron chi connectivity index (χ4n) is 2.25. The lowest BCUT2D eigenvalue weighted by Crippen LogP contribution is -2.27. The Hall–Kier alpha value is -0.940. The van der Waals surface area contributed by atoms with E-state index in [2.05, 4.69) is 0 Å². The summed E-state index contributed by atoms with van der Waals surface area (Å²) < 4.78 is 36.9. The molecule has 1 heterocycles. The van der Waals surface area contributed by atoms with Gasteiger partial charge in [-0.1, -0.05) is 24.3 Å². The summed E-state index contributed by atoms with van der Waals surface area (Å²) in [5, 5.41) is 0. The fraction of sp³-hybridized carbons (Fsp3) is 0.500. The zero-order chi connectivity index (χ0) is 12.5. The summed E-state index contributed by atoms with van der Waals surface area (Å²) in [6, 6.07) is 7.35. The maximum Gasteiger partial charge on any atom is 0.153 e. The van der Waals surface area contributed by atoms with E-state index >= 15 is 0 Å². The van der Waals surface area contributed by atoms with Crippen molar-refractivity contribution >= 4 is 9.84 Å². The van der Waals surface area contributed by atoms with Crippen LogP contribution in [0.25, 0.3) is 0 Å². The zero-order valence-electron chi connectivity index (χ0n) is 9.52. The highest BCUT2D eigenvalue weighted by atomic mass is 32.2. The van der Waals surface area contributed by atoms with Gasteiger partial charge in [-0.25, -0.2) is 12.8 Å². The van der Waals surface area contributed by atoms with E-state index in [1.165, 1.54) is 0 Å². The Bertz CT molecular complexity index is 515. The van der Waals surface area contributed by atoms with Crippen molar-refractivity contribution in [3.63, 3.8) is 0 Å². The predicted octanol–water partition coefficient (Wildman–Crippen LogP) is 1.21. The zero-order valence-corrected chi connectivity index (χ0v) is 10.3. The molecule has 0 aromatic heterocycles. The molecular weight excluding hydrogens is 241 g/mol. The van der Waals surface area contributed by atoms with Crippen molar-refractivity contribution in [3.8, 4) is 0 Å². The first-order valence-electron chi connectivity index (χ1n) is 5.60. The van der Waals surface area contributed by atoms with E-state index in [4.69, 9.17) is 5.73 Å². The minimum atomic E-state index is -3.19. The number of rotatable bonds is 3. The lowest BCUT2D eigenvalue weighted by Gasteiger charge is -2.17. The lowest BCUT2D eigenvalue weighted by molar-refractivity contribution is 0.198. The van der Waals surface area contributed by atoms with Gasteiger partial charge in [0.2, 0.25) is 0 Å². The number of alkyl halides is 1. The molecule has 0 aliphatic carbocycles. The number of hydrogen-bond acceptors (Lipinski definition) is 3. The van der Waals surface area contributed by atoms with E-state index < -0.39 is 15.5 Å². The first-order chi connectivity index (χ1) is 7.92. The molecule has 94 valence electrons. The third kappa shape index (κ3) is 3.04. The van der Waals surface area contributed by atoms with E-state index in [1.54, 1.807) is 0 Å². The molecule has 1 unspecified atom stereocenters. The van der Waals surface area contributed by atoms with Crippen LogP contribution in [-0.2, 0) is 22.8 Å². The van der Waals surface area contributed by atoms with E-state index in [1.807, 2.05) is 24.3 Å². The highest BCUT2D eigenvalue weighted by molar-refractivity contribution is 7.91. The first kappa shape index (κ1) is 12.5. The minimum absolute atomic E-state index is 0.0416. The van der Waals surface area contributed by atoms with Gasteiger partial charge in [0, 0.05) is 13.0 Å². The van der Waals surface area contributed by atoms with Crippen LogP contribution >= 0.6 is 0 Å². The second-order valence-electron chi connectivity index (χ2n) is 4.69. The smallest absolute Gasteiger partial charge is 0.153 e. The van der Waals surface area contributed by atoms with Crippen LogP contribution in [0, 0.1) is 0 Å². The van der Waals surface area contributed by atoms with Gasteiger partial charge in [0.1, 0.15) is 5.67 Å². The maximum atomic E-state index is 14.3. The van der Waals surface area contributed by atoms with Gasteiger partial charge < -0.3 is 5.73 Å². The van der Waals surface area contributed by atoms with Gasteiger partial charge in [-0.15, -0.1) is 0 Å². The number of benzene rings is 1. The van der Waals surface area contributed by atoms with Crippen molar-refractivity contribution < 1.29 is 12.8 Å². The highest BCUT2D eigenvalue weighted by Crippen LogP contribution is 2.31. The van der Waals surface area contributed by atoms with E-state index in [0.29, 0.717) is 6.54 Å². The predicted molar refractivity (Wildman–Crippen MR) is 65.1 cm³/mol. The standard InChI is InChI=1S/C12H16FNO2S/c13-12(4-5-17(15,16)9-12)7-10-2-1-3-11(6-10)8-14/h1-3,6H,4-5,7-9,14H2. The molecule has 0 spiro atoms. The lowest BCUT2D eigenvalue weighted by atomic mass is 9.95. The second-order valence-corrected chi connectivity index (χ2v) is 6.88. The van der Waals surface area contributed by atoms with Gasteiger partial charge in [0.25, 0.3) is 0 Å². The molecule has 0 amide bonds. The van der Waals surface area contributed by atoms with Crippen molar-refractivity contribution in [1.82, 2.24) is 0 Å². The molecule has 1 aliphatic heterocycles. The Labute approximate surface area is 101 Å². The minimum Gasteiger partial charge on any atom is -0.326 e. The van der Waals surface area contributed by atoms with Crippen molar-refractivity contribution in [2.24, 2.45) is 5.73 Å². The van der Waals surface area contributed by atoms with Gasteiger partial charge in [-0.05, 0) is 17.5 Å². The maximum absolute atomic E-state index is 14.3. The number of halogens is 1. The van der Waals surface area contributed by atoms with Crippen LogP contribution in [0.5, 0.6) is 0 Å². The summed E-state index contributed by atoms with van der Waals surface area (Å²) in [6.07, 6.45) is 0.252. The Morgan fingerprint density at radius 1 is 1.35 bits per heavy atom. The molecule has 0 bridgehead atoms. The third-order valence-corrected chi connectivity index (χ3v) is 4.87. The average molecular weight is 257 g/mol. The van der Waals surface area contributed by atoms with E-state index in [-0.39, 0.29) is 24.3 Å². The van der Waals surface area contributed by atoms with Crippen molar-refractivity contribution in [2.45, 2.75) is 25.1 Å².